The molecule has 132 valence electrons. The summed E-state index contributed by atoms with van der Waals surface area (Å²) in [6, 6.07) is 17.1. The Kier molecular flexibility index (Phi) is 7.01. The van der Waals surface area contributed by atoms with E-state index >= 15 is 0 Å². The molecule has 0 aliphatic rings. The number of ether oxygens (including phenoxy) is 2. The Bertz CT molecular complexity index is 700. The van der Waals surface area contributed by atoms with E-state index in [1.165, 1.54) is 0 Å². The van der Waals surface area contributed by atoms with Gasteiger partial charge in [-0.05, 0) is 25.0 Å². The van der Waals surface area contributed by atoms with E-state index in [2.05, 4.69) is 5.32 Å². The minimum Gasteiger partial charge on any atom is -0.496 e. The second kappa shape index (κ2) is 9.47. The lowest BCUT2D eigenvalue weighted by Gasteiger charge is -2.14. The number of carbonyl (C=O) groups is 2. The van der Waals surface area contributed by atoms with Gasteiger partial charge in [0.25, 0.3) is 5.91 Å². The molecule has 0 aliphatic heterocycles. The maximum absolute atomic E-state index is 12.0. The third-order valence-corrected chi connectivity index (χ3v) is 3.76. The van der Waals surface area contributed by atoms with Crippen molar-refractivity contribution in [1.82, 2.24) is 5.32 Å². The van der Waals surface area contributed by atoms with Crippen LogP contribution >= 0.6 is 0 Å². The van der Waals surface area contributed by atoms with Crippen molar-refractivity contribution in [1.29, 1.82) is 0 Å². The Morgan fingerprint density at radius 2 is 1.72 bits per heavy atom. The number of esters is 1. The second-order valence-corrected chi connectivity index (χ2v) is 5.65. The monoisotopic (exact) mass is 341 g/mol. The zero-order valence-corrected chi connectivity index (χ0v) is 14.5. The molecular weight excluding hydrogens is 318 g/mol. The van der Waals surface area contributed by atoms with E-state index in [0.29, 0.717) is 12.3 Å². The van der Waals surface area contributed by atoms with Crippen molar-refractivity contribution in [2.75, 3.05) is 13.7 Å². The predicted molar refractivity (Wildman–Crippen MR) is 95.4 cm³/mol. The molecule has 0 fully saturated rings. The van der Waals surface area contributed by atoms with Crippen molar-refractivity contribution in [3.63, 3.8) is 0 Å². The van der Waals surface area contributed by atoms with Crippen molar-refractivity contribution in [3.05, 3.63) is 65.7 Å². The topological polar surface area (TPSA) is 64.6 Å². The number of rotatable bonds is 8. The number of amides is 1. The summed E-state index contributed by atoms with van der Waals surface area (Å²) in [6.45, 7) is 2.06. The van der Waals surface area contributed by atoms with Crippen LogP contribution in [0.2, 0.25) is 0 Å². The standard InChI is InChI=1S/C20H23NO4/c1-15(20(23)21-13-12-16-8-4-3-5-9-16)25-19(22)14-17-10-6-7-11-18(17)24-2/h3-11,15H,12-14H2,1-2H3,(H,21,23). The largest absolute Gasteiger partial charge is 0.496 e. The normalized spacial score (nSPS) is 11.4. The van der Waals surface area contributed by atoms with E-state index in [0.717, 1.165) is 17.5 Å². The number of hydrogen-bond acceptors (Lipinski definition) is 4. The van der Waals surface area contributed by atoms with Gasteiger partial charge in [-0.2, -0.15) is 0 Å². The molecule has 1 atom stereocenters. The molecule has 2 aromatic carbocycles. The number of benzene rings is 2. The molecule has 1 amide bonds. The summed E-state index contributed by atoms with van der Waals surface area (Å²) in [5.41, 5.74) is 1.87. The molecule has 5 heteroatoms. The van der Waals surface area contributed by atoms with E-state index in [-0.39, 0.29) is 12.3 Å². The lowest BCUT2D eigenvalue weighted by atomic mass is 10.1. The van der Waals surface area contributed by atoms with E-state index in [4.69, 9.17) is 9.47 Å². The summed E-state index contributed by atoms with van der Waals surface area (Å²) in [5.74, 6) is -0.140. The summed E-state index contributed by atoms with van der Waals surface area (Å²) < 4.78 is 10.4. The molecule has 0 radical (unpaired) electrons. The van der Waals surface area contributed by atoms with Crippen LogP contribution in [-0.2, 0) is 27.2 Å². The predicted octanol–water partition coefficient (Wildman–Crippen LogP) is 2.53. The Balaban J connectivity index is 1.77. The fraction of sp³-hybridized carbons (Fsp3) is 0.300. The highest BCUT2D eigenvalue weighted by Gasteiger charge is 2.18. The van der Waals surface area contributed by atoms with Crippen LogP contribution in [0.1, 0.15) is 18.1 Å². The van der Waals surface area contributed by atoms with Crippen LogP contribution in [0.5, 0.6) is 5.75 Å². The van der Waals surface area contributed by atoms with Gasteiger partial charge in [-0.25, -0.2) is 0 Å². The quantitative estimate of drug-likeness (QED) is 0.750. The first kappa shape index (κ1) is 18.5. The van der Waals surface area contributed by atoms with Crippen LogP contribution in [0.25, 0.3) is 0 Å². The van der Waals surface area contributed by atoms with E-state index < -0.39 is 12.1 Å². The first-order valence-electron chi connectivity index (χ1n) is 8.23. The third kappa shape index (κ3) is 5.95. The van der Waals surface area contributed by atoms with Gasteiger partial charge in [0.15, 0.2) is 6.10 Å². The van der Waals surface area contributed by atoms with Gasteiger partial charge in [0, 0.05) is 12.1 Å². The molecule has 2 rings (SSSR count). The zero-order valence-electron chi connectivity index (χ0n) is 14.5. The van der Waals surface area contributed by atoms with Gasteiger partial charge in [-0.3, -0.25) is 9.59 Å². The second-order valence-electron chi connectivity index (χ2n) is 5.65. The molecule has 0 spiro atoms. The molecule has 1 unspecified atom stereocenters. The summed E-state index contributed by atoms with van der Waals surface area (Å²) >= 11 is 0. The molecule has 2 aromatic rings. The van der Waals surface area contributed by atoms with Crippen molar-refractivity contribution in [3.8, 4) is 5.75 Å². The average molecular weight is 341 g/mol. The minimum absolute atomic E-state index is 0.0612. The zero-order chi connectivity index (χ0) is 18.1. The molecule has 0 heterocycles. The maximum atomic E-state index is 12.0. The van der Waals surface area contributed by atoms with Crippen LogP contribution < -0.4 is 10.1 Å². The van der Waals surface area contributed by atoms with Gasteiger partial charge >= 0.3 is 5.97 Å². The first-order valence-corrected chi connectivity index (χ1v) is 8.23. The van der Waals surface area contributed by atoms with Gasteiger partial charge in [-0.1, -0.05) is 48.5 Å². The van der Waals surface area contributed by atoms with Gasteiger partial charge in [0.1, 0.15) is 5.75 Å². The minimum atomic E-state index is -0.835. The molecule has 5 nitrogen and oxygen atoms in total. The van der Waals surface area contributed by atoms with Crippen molar-refractivity contribution < 1.29 is 19.1 Å². The van der Waals surface area contributed by atoms with E-state index in [1.807, 2.05) is 42.5 Å². The first-order chi connectivity index (χ1) is 12.1. The van der Waals surface area contributed by atoms with Crippen LogP contribution in [0.4, 0.5) is 0 Å². The van der Waals surface area contributed by atoms with Crippen molar-refractivity contribution >= 4 is 11.9 Å². The molecule has 0 aromatic heterocycles. The molecule has 0 bridgehead atoms. The molecular formula is C20H23NO4. The lowest BCUT2D eigenvalue weighted by molar-refractivity contribution is -0.154. The van der Waals surface area contributed by atoms with E-state index in [9.17, 15) is 9.59 Å². The summed E-state index contributed by atoms with van der Waals surface area (Å²) in [7, 11) is 1.55. The molecule has 0 saturated heterocycles. The lowest BCUT2D eigenvalue weighted by Crippen LogP contribution is -2.37. The molecule has 1 N–H and O–H groups in total. The van der Waals surface area contributed by atoms with Gasteiger partial charge < -0.3 is 14.8 Å². The highest BCUT2D eigenvalue weighted by molar-refractivity contribution is 5.84. The fourth-order valence-corrected chi connectivity index (χ4v) is 2.42. The van der Waals surface area contributed by atoms with Crippen molar-refractivity contribution in [2.24, 2.45) is 0 Å². The SMILES string of the molecule is COc1ccccc1CC(=O)OC(C)C(=O)NCCc1ccccc1. The van der Waals surface area contributed by atoms with Crippen LogP contribution in [0.3, 0.4) is 0 Å². The Morgan fingerprint density at radius 1 is 1.04 bits per heavy atom. The summed E-state index contributed by atoms with van der Waals surface area (Å²) in [6.07, 6.45) is -0.0434. The molecule has 25 heavy (non-hydrogen) atoms. The maximum Gasteiger partial charge on any atom is 0.311 e. The third-order valence-electron chi connectivity index (χ3n) is 3.76. The Hall–Kier alpha value is -2.82. The van der Waals surface area contributed by atoms with Crippen LogP contribution in [0, 0.1) is 0 Å². The number of methoxy groups -OCH3 is 1. The van der Waals surface area contributed by atoms with E-state index in [1.54, 1.807) is 26.2 Å². The smallest absolute Gasteiger partial charge is 0.311 e. The fourth-order valence-electron chi connectivity index (χ4n) is 2.42. The Morgan fingerprint density at radius 3 is 2.44 bits per heavy atom. The number of hydrogen-bond donors (Lipinski definition) is 1. The number of para-hydroxylation sites is 1. The number of nitrogens with one attached hydrogen (secondary N) is 1. The Labute approximate surface area is 148 Å². The van der Waals surface area contributed by atoms with Crippen molar-refractivity contribution in [2.45, 2.75) is 25.9 Å². The summed E-state index contributed by atoms with van der Waals surface area (Å²) in [5, 5.41) is 2.78. The van der Waals surface area contributed by atoms with Gasteiger partial charge in [-0.15, -0.1) is 0 Å². The van der Waals surface area contributed by atoms with Gasteiger partial charge in [0.2, 0.25) is 0 Å². The number of carbonyl (C=O) groups excluding carboxylic acids is 2. The van der Waals surface area contributed by atoms with Crippen LogP contribution in [0.15, 0.2) is 54.6 Å². The van der Waals surface area contributed by atoms with Crippen LogP contribution in [-0.4, -0.2) is 31.6 Å². The van der Waals surface area contributed by atoms with Gasteiger partial charge in [0.05, 0.1) is 13.5 Å². The molecule has 0 saturated carbocycles. The highest BCUT2D eigenvalue weighted by atomic mass is 16.5. The highest BCUT2D eigenvalue weighted by Crippen LogP contribution is 2.18. The average Bonchev–Trinajstić information content (AvgIpc) is 2.62. The summed E-state index contributed by atoms with van der Waals surface area (Å²) in [4.78, 5) is 24.1. The molecule has 0 aliphatic carbocycles.